The summed E-state index contributed by atoms with van der Waals surface area (Å²) in [7, 11) is 0. The highest BCUT2D eigenvalue weighted by Crippen LogP contribution is 2.23. The van der Waals surface area contributed by atoms with Crippen molar-refractivity contribution in [1.29, 1.82) is 0 Å². The molecule has 1 fully saturated rings. The Labute approximate surface area is 142 Å². The van der Waals surface area contributed by atoms with Crippen molar-refractivity contribution in [2.24, 2.45) is 0 Å². The Kier molecular flexibility index (Phi) is 6.52. The smallest absolute Gasteiger partial charge is 0.401 e. The van der Waals surface area contributed by atoms with Crippen molar-refractivity contribution in [3.63, 3.8) is 0 Å². The number of likely N-dealkylation sites (tertiary alicyclic amines) is 1. The van der Waals surface area contributed by atoms with Crippen LogP contribution in [0.2, 0.25) is 0 Å². The van der Waals surface area contributed by atoms with Gasteiger partial charge in [0.05, 0.1) is 12.6 Å². The third-order valence-electron chi connectivity index (χ3n) is 4.21. The molecule has 0 saturated carbocycles. The van der Waals surface area contributed by atoms with Crippen LogP contribution in [-0.2, 0) is 0 Å². The molecule has 0 aliphatic carbocycles. The van der Waals surface area contributed by atoms with Crippen LogP contribution < -0.4 is 10.1 Å². The van der Waals surface area contributed by atoms with Gasteiger partial charge in [-0.1, -0.05) is 12.1 Å². The molecule has 1 heterocycles. The lowest BCUT2D eigenvalue weighted by Gasteiger charge is -2.34. The molecule has 0 spiro atoms. The van der Waals surface area contributed by atoms with E-state index >= 15 is 0 Å². The summed E-state index contributed by atoms with van der Waals surface area (Å²) in [5, 5.41) is 3.54. The second-order valence-electron chi connectivity index (χ2n) is 6.79. The third-order valence-corrected chi connectivity index (χ3v) is 4.21. The van der Waals surface area contributed by atoms with Crippen LogP contribution in [0.5, 0.6) is 5.75 Å². The second-order valence-corrected chi connectivity index (χ2v) is 6.79. The van der Waals surface area contributed by atoms with E-state index in [0.717, 1.165) is 24.2 Å². The van der Waals surface area contributed by atoms with Crippen molar-refractivity contribution in [3.05, 3.63) is 29.8 Å². The number of nitrogens with zero attached hydrogens (tertiary/aromatic N) is 1. The average molecular weight is 344 g/mol. The Morgan fingerprint density at radius 2 is 1.88 bits per heavy atom. The molecule has 1 saturated heterocycles. The quantitative estimate of drug-likeness (QED) is 0.839. The lowest BCUT2D eigenvalue weighted by atomic mass is 10.0. The highest BCUT2D eigenvalue weighted by molar-refractivity contribution is 5.30. The second kappa shape index (κ2) is 8.21. The van der Waals surface area contributed by atoms with Gasteiger partial charge in [0, 0.05) is 12.1 Å². The van der Waals surface area contributed by atoms with Crippen LogP contribution in [0.1, 0.15) is 45.2 Å². The number of ether oxygens (including phenoxy) is 1. The first kappa shape index (κ1) is 19.1. The van der Waals surface area contributed by atoms with Gasteiger partial charge in [0.25, 0.3) is 0 Å². The molecule has 1 aliphatic rings. The van der Waals surface area contributed by atoms with Crippen LogP contribution in [-0.4, -0.2) is 42.9 Å². The molecule has 24 heavy (non-hydrogen) atoms. The van der Waals surface area contributed by atoms with Crippen LogP contribution in [0.25, 0.3) is 0 Å². The molecule has 1 aromatic carbocycles. The number of halogens is 3. The van der Waals surface area contributed by atoms with Crippen molar-refractivity contribution < 1.29 is 17.9 Å². The van der Waals surface area contributed by atoms with Gasteiger partial charge in [0.2, 0.25) is 0 Å². The molecular weight excluding hydrogens is 317 g/mol. The first-order valence-electron chi connectivity index (χ1n) is 8.54. The molecule has 2 rings (SSSR count). The predicted octanol–water partition coefficient (Wildman–Crippen LogP) is 4.15. The number of hydrogen-bond acceptors (Lipinski definition) is 3. The first-order valence-corrected chi connectivity index (χ1v) is 8.54. The number of piperidine rings is 1. The Morgan fingerprint density at radius 1 is 1.21 bits per heavy atom. The molecule has 0 amide bonds. The van der Waals surface area contributed by atoms with E-state index in [2.05, 4.69) is 12.2 Å². The molecule has 0 bridgehead atoms. The maximum absolute atomic E-state index is 12.4. The molecule has 6 heteroatoms. The monoisotopic (exact) mass is 344 g/mol. The van der Waals surface area contributed by atoms with Gasteiger partial charge in [-0.15, -0.1) is 0 Å². The maximum Gasteiger partial charge on any atom is 0.401 e. The SMILES string of the molecule is CC(C)Oc1cccc(C(C)NC2CCN(CC(F)(F)F)CC2)c1. The molecule has 136 valence electrons. The summed E-state index contributed by atoms with van der Waals surface area (Å²) in [4.78, 5) is 1.49. The first-order chi connectivity index (χ1) is 11.2. The summed E-state index contributed by atoms with van der Waals surface area (Å²) in [5.74, 6) is 0.844. The predicted molar refractivity (Wildman–Crippen MR) is 89.3 cm³/mol. The highest BCUT2D eigenvalue weighted by atomic mass is 19.4. The van der Waals surface area contributed by atoms with E-state index in [9.17, 15) is 13.2 Å². The van der Waals surface area contributed by atoms with E-state index in [1.54, 1.807) is 0 Å². The normalized spacial score (nSPS) is 18.8. The topological polar surface area (TPSA) is 24.5 Å². The van der Waals surface area contributed by atoms with Gasteiger partial charge in [-0.2, -0.15) is 13.2 Å². The van der Waals surface area contributed by atoms with Crippen LogP contribution >= 0.6 is 0 Å². The van der Waals surface area contributed by atoms with Crippen molar-refractivity contribution in [2.75, 3.05) is 19.6 Å². The summed E-state index contributed by atoms with van der Waals surface area (Å²) >= 11 is 0. The van der Waals surface area contributed by atoms with Crippen molar-refractivity contribution >= 4 is 0 Å². The van der Waals surface area contributed by atoms with Crippen LogP contribution in [0, 0.1) is 0 Å². The van der Waals surface area contributed by atoms with Gasteiger partial charge >= 0.3 is 6.18 Å². The lowest BCUT2D eigenvalue weighted by Crippen LogP contribution is -2.46. The molecule has 1 aliphatic heterocycles. The van der Waals surface area contributed by atoms with Crippen LogP contribution in [0.15, 0.2) is 24.3 Å². The summed E-state index contributed by atoms with van der Waals surface area (Å²) in [5.41, 5.74) is 1.13. The van der Waals surface area contributed by atoms with Crippen LogP contribution in [0.3, 0.4) is 0 Å². The molecule has 1 unspecified atom stereocenters. The lowest BCUT2D eigenvalue weighted by molar-refractivity contribution is -0.148. The zero-order valence-electron chi connectivity index (χ0n) is 14.6. The summed E-state index contributed by atoms with van der Waals surface area (Å²) in [6, 6.07) is 8.36. The molecule has 1 aromatic rings. The van der Waals surface area contributed by atoms with Crippen LogP contribution in [0.4, 0.5) is 13.2 Å². The molecule has 0 aromatic heterocycles. The molecule has 1 N–H and O–H groups in total. The van der Waals surface area contributed by atoms with Crippen molar-refractivity contribution in [2.45, 2.75) is 58.0 Å². The minimum Gasteiger partial charge on any atom is -0.491 e. The Bertz CT molecular complexity index is 511. The maximum atomic E-state index is 12.4. The zero-order valence-corrected chi connectivity index (χ0v) is 14.6. The van der Waals surface area contributed by atoms with Gasteiger partial charge in [-0.3, -0.25) is 4.90 Å². The van der Waals surface area contributed by atoms with Crippen molar-refractivity contribution in [1.82, 2.24) is 10.2 Å². The molecule has 1 atom stereocenters. The number of nitrogens with one attached hydrogen (secondary N) is 1. The van der Waals surface area contributed by atoms with Gasteiger partial charge in [-0.05, 0) is 64.4 Å². The number of benzene rings is 1. The Balaban J connectivity index is 1.84. The number of alkyl halides is 3. The fourth-order valence-electron chi connectivity index (χ4n) is 3.09. The molecule has 3 nitrogen and oxygen atoms in total. The van der Waals surface area contributed by atoms with Gasteiger partial charge < -0.3 is 10.1 Å². The average Bonchev–Trinajstić information content (AvgIpc) is 2.47. The number of rotatable bonds is 6. The van der Waals surface area contributed by atoms with Gasteiger partial charge in [0.1, 0.15) is 5.75 Å². The van der Waals surface area contributed by atoms with E-state index in [1.165, 1.54) is 4.90 Å². The minimum absolute atomic E-state index is 0.126. The largest absolute Gasteiger partial charge is 0.491 e. The van der Waals surface area contributed by atoms with Crippen molar-refractivity contribution in [3.8, 4) is 5.75 Å². The van der Waals surface area contributed by atoms with Gasteiger partial charge in [0.15, 0.2) is 0 Å². The molecule has 0 radical (unpaired) electrons. The fraction of sp³-hybridized carbons (Fsp3) is 0.667. The molecular formula is C18H27F3N2O. The summed E-state index contributed by atoms with van der Waals surface area (Å²) < 4.78 is 43.0. The fourth-order valence-corrected chi connectivity index (χ4v) is 3.09. The Hall–Kier alpha value is -1.27. The van der Waals surface area contributed by atoms with E-state index < -0.39 is 12.7 Å². The van der Waals surface area contributed by atoms with E-state index in [-0.39, 0.29) is 18.2 Å². The highest BCUT2D eigenvalue weighted by Gasteiger charge is 2.32. The zero-order chi connectivity index (χ0) is 17.7. The van der Waals surface area contributed by atoms with E-state index in [1.807, 2.05) is 38.1 Å². The standard InChI is InChI=1S/C18H27F3N2O/c1-13(2)24-17-6-4-5-15(11-17)14(3)22-16-7-9-23(10-8-16)12-18(19,20)21/h4-6,11,13-14,16,22H,7-10,12H2,1-3H3. The number of hydrogen-bond donors (Lipinski definition) is 1. The Morgan fingerprint density at radius 3 is 2.46 bits per heavy atom. The summed E-state index contributed by atoms with van der Waals surface area (Å²) in [6.45, 7) is 6.23. The van der Waals surface area contributed by atoms with E-state index in [4.69, 9.17) is 4.74 Å². The van der Waals surface area contributed by atoms with E-state index in [0.29, 0.717) is 13.1 Å². The summed E-state index contributed by atoms with van der Waals surface area (Å²) in [6.07, 6.45) is -2.50. The third kappa shape index (κ3) is 6.32. The minimum atomic E-state index is -4.11. The van der Waals surface area contributed by atoms with Gasteiger partial charge in [-0.25, -0.2) is 0 Å².